The molecular weight excluding hydrogens is 84.1 g/mol. The second kappa shape index (κ2) is 3.91. The van der Waals surface area contributed by atoms with Crippen molar-refractivity contribution in [2.24, 2.45) is 0 Å². The molecule has 0 aliphatic heterocycles. The molecule has 0 nitrogen and oxygen atoms in total. The van der Waals surface area contributed by atoms with E-state index in [1.165, 1.54) is 0 Å². The first-order chi connectivity index (χ1) is 3.31. The van der Waals surface area contributed by atoms with Crippen LogP contribution in [-0.4, -0.2) is 0 Å². The molecule has 0 saturated carbocycles. The Labute approximate surface area is 46.2 Å². The minimum absolute atomic E-state index is 0.877. The predicted octanol–water partition coefficient (Wildman–Crippen LogP) is 2.43. The Bertz CT molecular complexity index is 53.1. The van der Waals surface area contributed by atoms with Gasteiger partial charge in [-0.1, -0.05) is 25.8 Å². The van der Waals surface area contributed by atoms with Gasteiger partial charge >= 0.3 is 0 Å². The lowest BCUT2D eigenvalue weighted by atomic mass is 10.1. The first-order valence-corrected chi connectivity index (χ1v) is 2.87. The van der Waals surface area contributed by atoms with Crippen molar-refractivity contribution < 1.29 is 0 Å². The second-order valence-electron chi connectivity index (χ2n) is 1.71. The van der Waals surface area contributed by atoms with Crippen LogP contribution in [-0.2, 0) is 0 Å². The summed E-state index contributed by atoms with van der Waals surface area (Å²) in [6.07, 6.45) is 3.02. The van der Waals surface area contributed by atoms with E-state index in [0.29, 0.717) is 0 Å². The molecule has 7 heavy (non-hydrogen) atoms. The van der Waals surface area contributed by atoms with E-state index in [9.17, 15) is 0 Å². The van der Waals surface area contributed by atoms with E-state index in [4.69, 9.17) is 6.58 Å². The molecule has 0 heteroatoms. The average Bonchev–Trinajstić information content (AvgIpc) is 1.68. The van der Waals surface area contributed by atoms with Crippen LogP contribution < -0.4 is 0 Å². The van der Waals surface area contributed by atoms with Crippen molar-refractivity contribution in [3.05, 3.63) is 12.2 Å². The maximum absolute atomic E-state index is 7.14. The van der Waals surface area contributed by atoms with Gasteiger partial charge in [0, 0.05) is 0 Å². The first kappa shape index (κ1) is 6.74. The monoisotopic (exact) mass is 96.1 g/mol. The third kappa shape index (κ3) is 3.57. The number of allylic oxidation sites excluding steroid dienone is 1. The quantitative estimate of drug-likeness (QED) is 0.506. The van der Waals surface area contributed by atoms with Crippen LogP contribution in [0.1, 0.15) is 33.1 Å². The molecule has 0 N–H and O–H groups in total. The lowest BCUT2D eigenvalue weighted by Crippen LogP contribution is -1.74. The summed E-state index contributed by atoms with van der Waals surface area (Å²) in [7, 11) is 0. The van der Waals surface area contributed by atoms with Crippen molar-refractivity contribution in [3.63, 3.8) is 0 Å². The Morgan fingerprint density at radius 2 is 2.00 bits per heavy atom. The summed E-state index contributed by atoms with van der Waals surface area (Å²) < 4.78 is 0. The second-order valence-corrected chi connectivity index (χ2v) is 1.71. The molecule has 0 rings (SSSR count). The summed E-state index contributed by atoms with van der Waals surface area (Å²) in [5.41, 5.74) is 0.877. The van der Waals surface area contributed by atoms with Gasteiger partial charge in [0.1, 0.15) is 0 Å². The Hall–Kier alpha value is -0.260. The molecule has 0 amide bonds. The highest BCUT2D eigenvalue weighted by molar-refractivity contribution is 4.87. The fourth-order valence-corrected chi connectivity index (χ4v) is 0.479. The van der Waals surface area contributed by atoms with Gasteiger partial charge in [-0.3, -0.25) is 0 Å². The lowest BCUT2D eigenvalue weighted by Gasteiger charge is -1.93. The van der Waals surface area contributed by atoms with Gasteiger partial charge in [0.2, 0.25) is 0 Å². The summed E-state index contributed by atoms with van der Waals surface area (Å²) in [4.78, 5) is 0. The fourth-order valence-electron chi connectivity index (χ4n) is 0.479. The van der Waals surface area contributed by atoms with Gasteiger partial charge in [-0.25, -0.2) is 0 Å². The largest absolute Gasteiger partial charge is 0.0651 e. The maximum Gasteiger partial charge on any atom is -0.0108 e. The molecule has 0 unspecified atom stereocenters. The molecule has 0 aliphatic rings. The Balaban J connectivity index is 3.00. The molecule has 0 aromatic carbocycles. The number of hydrogen-bond acceptors (Lipinski definition) is 0. The molecule has 0 atom stereocenters. The van der Waals surface area contributed by atoms with Crippen LogP contribution in [0.4, 0.5) is 0 Å². The Kier molecular flexibility index (Phi) is 3.77. The van der Waals surface area contributed by atoms with Gasteiger partial charge in [0.15, 0.2) is 0 Å². The van der Waals surface area contributed by atoms with E-state index in [2.05, 4.69) is 6.92 Å². The van der Waals surface area contributed by atoms with Crippen molar-refractivity contribution >= 4 is 0 Å². The molecule has 0 fully saturated rings. The minimum Gasteiger partial charge on any atom is -0.0651 e. The van der Waals surface area contributed by atoms with Crippen LogP contribution in [0.2, 0.25) is 0 Å². The van der Waals surface area contributed by atoms with E-state index in [0.717, 1.165) is 24.8 Å². The van der Waals surface area contributed by atoms with Crippen molar-refractivity contribution in [1.29, 1.82) is 0 Å². The van der Waals surface area contributed by atoms with E-state index >= 15 is 0 Å². The van der Waals surface area contributed by atoms with Crippen LogP contribution in [0.5, 0.6) is 0 Å². The highest BCUT2D eigenvalue weighted by atomic mass is 13.9. The van der Waals surface area contributed by atoms with E-state index in [1.807, 2.05) is 6.92 Å². The van der Waals surface area contributed by atoms with Crippen molar-refractivity contribution in [3.8, 4) is 0 Å². The normalized spacial score (nSPS) is 8.86. The predicted molar refractivity (Wildman–Crippen MR) is 32.0 cm³/mol. The SMILES string of the molecule is [C]=C(CC)CCC. The van der Waals surface area contributed by atoms with Gasteiger partial charge in [-0.2, -0.15) is 0 Å². The molecule has 40 valence electrons. The molecule has 0 bridgehead atoms. The summed E-state index contributed by atoms with van der Waals surface area (Å²) in [5, 5.41) is 0. The molecule has 0 aromatic heterocycles. The minimum atomic E-state index is 0.877. The average molecular weight is 96.2 g/mol. The van der Waals surface area contributed by atoms with E-state index in [1.54, 1.807) is 0 Å². The van der Waals surface area contributed by atoms with Crippen molar-refractivity contribution in [2.75, 3.05) is 0 Å². The summed E-state index contributed by atoms with van der Waals surface area (Å²) in [6, 6.07) is 0. The highest BCUT2D eigenvalue weighted by Gasteiger charge is 1.84. The zero-order valence-corrected chi connectivity index (χ0v) is 5.12. The van der Waals surface area contributed by atoms with Crippen molar-refractivity contribution in [1.82, 2.24) is 0 Å². The Morgan fingerprint density at radius 3 is 2.14 bits per heavy atom. The molecule has 0 saturated heterocycles. The summed E-state index contributed by atoms with van der Waals surface area (Å²) >= 11 is 0. The van der Waals surface area contributed by atoms with Gasteiger partial charge in [-0.05, 0) is 19.4 Å². The van der Waals surface area contributed by atoms with Crippen molar-refractivity contribution in [2.45, 2.75) is 33.1 Å². The molecule has 0 aromatic rings. The summed E-state index contributed by atoms with van der Waals surface area (Å²) in [6.45, 7) is 11.3. The van der Waals surface area contributed by atoms with Gasteiger partial charge in [0.05, 0.1) is 0 Å². The van der Waals surface area contributed by atoms with Gasteiger partial charge in [0.25, 0.3) is 0 Å². The maximum atomic E-state index is 7.14. The van der Waals surface area contributed by atoms with E-state index in [-0.39, 0.29) is 0 Å². The molecule has 0 aliphatic carbocycles. The lowest BCUT2D eigenvalue weighted by molar-refractivity contribution is 0.861. The van der Waals surface area contributed by atoms with Crippen LogP contribution >= 0.6 is 0 Å². The van der Waals surface area contributed by atoms with Crippen LogP contribution in [0.3, 0.4) is 0 Å². The third-order valence-electron chi connectivity index (χ3n) is 0.979. The van der Waals surface area contributed by atoms with Crippen LogP contribution in [0.25, 0.3) is 0 Å². The molecule has 2 radical (unpaired) electrons. The molecule has 0 heterocycles. The molecule has 0 spiro atoms. The topological polar surface area (TPSA) is 0 Å². The highest BCUT2D eigenvalue weighted by Crippen LogP contribution is 2.03. The first-order valence-electron chi connectivity index (χ1n) is 2.87. The van der Waals surface area contributed by atoms with Gasteiger partial charge < -0.3 is 0 Å². The van der Waals surface area contributed by atoms with E-state index < -0.39 is 0 Å². The van der Waals surface area contributed by atoms with Gasteiger partial charge in [-0.15, -0.1) is 0 Å². The zero-order chi connectivity index (χ0) is 5.70. The summed E-state index contributed by atoms with van der Waals surface area (Å²) in [5.74, 6) is 0. The third-order valence-corrected chi connectivity index (χ3v) is 0.979. The number of hydrogen-bond donors (Lipinski definition) is 0. The smallest absolute Gasteiger partial charge is 0.0108 e. The van der Waals surface area contributed by atoms with Crippen LogP contribution in [0.15, 0.2) is 5.57 Å². The zero-order valence-electron chi connectivity index (χ0n) is 5.12. The standard InChI is InChI=1S/C7H12/c1-4-6-7(3)5-2/h4-6H2,1-2H3. The van der Waals surface area contributed by atoms with Crippen LogP contribution in [0, 0.1) is 6.58 Å². The molecular formula is C7H12. The Morgan fingerprint density at radius 1 is 1.43 bits per heavy atom. The fraction of sp³-hybridized carbons (Fsp3) is 0.714. The number of rotatable bonds is 3.